The Kier molecular flexibility index (Phi) is 6.31. The van der Waals surface area contributed by atoms with Crippen LogP contribution in [0.5, 0.6) is 0 Å². The average molecular weight is 478 g/mol. The van der Waals surface area contributed by atoms with Crippen LogP contribution < -0.4 is 5.56 Å². The molecule has 1 aromatic carbocycles. The summed E-state index contributed by atoms with van der Waals surface area (Å²) in [4.78, 5) is 23.4. The minimum Gasteiger partial charge on any atom is -0.480 e. The number of aryl methyl sites for hydroxylation is 1. The van der Waals surface area contributed by atoms with Gasteiger partial charge in [-0.15, -0.1) is 0 Å². The molecular formula is C21H17F7N2O3. The first-order chi connectivity index (χ1) is 15.2. The molecule has 0 fully saturated rings. The smallest absolute Gasteiger partial charge is 0.400 e. The van der Waals surface area contributed by atoms with E-state index in [0.717, 1.165) is 29.0 Å². The van der Waals surface area contributed by atoms with E-state index in [9.17, 15) is 45.4 Å². The minimum atomic E-state index is -5.53. The molecule has 2 heterocycles. The summed E-state index contributed by atoms with van der Waals surface area (Å²) in [7, 11) is 0. The van der Waals surface area contributed by atoms with Crippen molar-refractivity contribution in [3.05, 3.63) is 58.4 Å². The number of pyridine rings is 1. The molecule has 0 aliphatic rings. The van der Waals surface area contributed by atoms with Crippen LogP contribution in [0.1, 0.15) is 12.1 Å². The predicted octanol–water partition coefficient (Wildman–Crippen LogP) is 5.13. The van der Waals surface area contributed by atoms with Crippen molar-refractivity contribution >= 4 is 16.9 Å². The van der Waals surface area contributed by atoms with Crippen LogP contribution in [0, 0.1) is 18.7 Å². The third-order valence-corrected chi connectivity index (χ3v) is 5.30. The Morgan fingerprint density at radius 1 is 1.06 bits per heavy atom. The Bertz CT molecular complexity index is 1240. The minimum absolute atomic E-state index is 0.211. The maximum absolute atomic E-state index is 13.9. The van der Waals surface area contributed by atoms with Gasteiger partial charge >= 0.3 is 18.3 Å². The summed E-state index contributed by atoms with van der Waals surface area (Å²) in [6.07, 6.45) is -11.4. The van der Waals surface area contributed by atoms with Gasteiger partial charge in [-0.05, 0) is 37.6 Å². The number of carbonyl (C=O) groups is 1. The second kappa shape index (κ2) is 8.56. The van der Waals surface area contributed by atoms with Gasteiger partial charge in [0.25, 0.3) is 5.56 Å². The zero-order valence-corrected chi connectivity index (χ0v) is 17.0. The maximum atomic E-state index is 13.9. The van der Waals surface area contributed by atoms with Crippen LogP contribution in [0.15, 0.2) is 41.3 Å². The molecule has 2 aromatic heterocycles. The Balaban J connectivity index is 2.09. The summed E-state index contributed by atoms with van der Waals surface area (Å²) in [5.74, 6) is -5.42. The first-order valence-corrected chi connectivity index (χ1v) is 9.54. The summed E-state index contributed by atoms with van der Waals surface area (Å²) < 4.78 is 93.1. The van der Waals surface area contributed by atoms with Crippen molar-refractivity contribution in [2.24, 2.45) is 5.92 Å². The Hall–Kier alpha value is -3.31. The lowest BCUT2D eigenvalue weighted by atomic mass is 10.0. The highest BCUT2D eigenvalue weighted by Gasteiger charge is 2.55. The SMILES string of the molecule is Cc1c(-c2ccc(=O)n(CCC(C(F)(F)F)C(F)(F)F)c2)c2cc(F)ccc2n1CC(=O)O. The van der Waals surface area contributed by atoms with Crippen molar-refractivity contribution in [2.45, 2.75) is 38.8 Å². The van der Waals surface area contributed by atoms with Crippen LogP contribution in [0.4, 0.5) is 30.7 Å². The second-order valence-electron chi connectivity index (χ2n) is 7.48. The molecule has 0 unspecified atom stereocenters. The Morgan fingerprint density at radius 3 is 2.27 bits per heavy atom. The van der Waals surface area contributed by atoms with E-state index in [4.69, 9.17) is 0 Å². The Labute approximate surface area is 181 Å². The van der Waals surface area contributed by atoms with E-state index in [1.165, 1.54) is 23.6 Å². The first-order valence-electron chi connectivity index (χ1n) is 9.54. The standard InChI is InChI=1S/C21H17F7N2O3/c1-11-19(14-8-13(22)3-4-15(14)30(11)10-18(32)33)12-2-5-17(31)29(9-12)7-6-16(20(23,24)25)21(26,27)28/h2-5,8-9,16H,6-7,10H2,1H3,(H,32,33). The molecule has 1 N–H and O–H groups in total. The highest BCUT2D eigenvalue weighted by atomic mass is 19.4. The number of alkyl halides is 6. The number of halogens is 7. The molecule has 12 heteroatoms. The fourth-order valence-electron chi connectivity index (χ4n) is 3.79. The van der Waals surface area contributed by atoms with Gasteiger partial charge < -0.3 is 14.2 Å². The van der Waals surface area contributed by atoms with E-state index < -0.39 is 55.1 Å². The number of hydrogen-bond acceptors (Lipinski definition) is 2. The van der Waals surface area contributed by atoms with Gasteiger partial charge in [0, 0.05) is 46.5 Å². The molecule has 5 nitrogen and oxygen atoms in total. The van der Waals surface area contributed by atoms with Gasteiger partial charge in [-0.2, -0.15) is 26.3 Å². The molecule has 0 saturated carbocycles. The lowest BCUT2D eigenvalue weighted by Crippen LogP contribution is -2.37. The van der Waals surface area contributed by atoms with Crippen molar-refractivity contribution in [3.8, 4) is 11.1 Å². The highest BCUT2D eigenvalue weighted by Crippen LogP contribution is 2.41. The molecule has 3 aromatic rings. The van der Waals surface area contributed by atoms with E-state index in [1.807, 2.05) is 0 Å². The van der Waals surface area contributed by atoms with Crippen LogP contribution >= 0.6 is 0 Å². The zero-order valence-electron chi connectivity index (χ0n) is 17.0. The number of nitrogens with zero attached hydrogens (tertiary/aromatic N) is 2. The molecule has 0 radical (unpaired) electrons. The number of fused-ring (bicyclic) bond motifs is 1. The van der Waals surface area contributed by atoms with Gasteiger partial charge in [0.1, 0.15) is 12.4 Å². The molecular weight excluding hydrogens is 461 g/mol. The van der Waals surface area contributed by atoms with E-state index in [2.05, 4.69) is 0 Å². The normalized spacial score (nSPS) is 12.6. The molecule has 0 atom stereocenters. The third-order valence-electron chi connectivity index (χ3n) is 5.30. The molecule has 0 amide bonds. The topological polar surface area (TPSA) is 64.2 Å². The van der Waals surface area contributed by atoms with Crippen LogP contribution in [-0.4, -0.2) is 32.6 Å². The number of rotatable bonds is 6. The largest absolute Gasteiger partial charge is 0.480 e. The summed E-state index contributed by atoms with van der Waals surface area (Å²) >= 11 is 0. The highest BCUT2D eigenvalue weighted by molar-refractivity contribution is 5.98. The lowest BCUT2D eigenvalue weighted by Gasteiger charge is -2.23. The number of aromatic nitrogens is 2. The molecule has 0 bridgehead atoms. The lowest BCUT2D eigenvalue weighted by molar-refractivity contribution is -0.286. The van der Waals surface area contributed by atoms with Gasteiger partial charge in [-0.1, -0.05) is 0 Å². The van der Waals surface area contributed by atoms with Crippen molar-refractivity contribution in [3.63, 3.8) is 0 Å². The maximum Gasteiger partial charge on any atom is 0.400 e. The molecule has 33 heavy (non-hydrogen) atoms. The molecule has 178 valence electrons. The van der Waals surface area contributed by atoms with Gasteiger partial charge in [0.05, 0.1) is 0 Å². The van der Waals surface area contributed by atoms with Gasteiger partial charge in [-0.3, -0.25) is 9.59 Å². The first kappa shape index (κ1) is 24.3. The van der Waals surface area contributed by atoms with E-state index in [1.54, 1.807) is 0 Å². The summed E-state index contributed by atoms with van der Waals surface area (Å²) in [6.45, 7) is 0.207. The summed E-state index contributed by atoms with van der Waals surface area (Å²) in [5.41, 5.74) is 0.426. The fraction of sp³-hybridized carbons (Fsp3) is 0.333. The summed E-state index contributed by atoms with van der Waals surface area (Å²) in [6, 6.07) is 5.89. The molecule has 0 saturated heterocycles. The number of hydrogen-bond donors (Lipinski definition) is 1. The van der Waals surface area contributed by atoms with Gasteiger partial charge in [0.2, 0.25) is 0 Å². The number of benzene rings is 1. The van der Waals surface area contributed by atoms with E-state index >= 15 is 0 Å². The zero-order chi connectivity index (χ0) is 24.7. The van der Waals surface area contributed by atoms with Crippen molar-refractivity contribution in [2.75, 3.05) is 0 Å². The fourth-order valence-corrected chi connectivity index (χ4v) is 3.79. The number of aliphatic carboxylic acids is 1. The van der Waals surface area contributed by atoms with Crippen molar-refractivity contribution in [1.82, 2.24) is 9.13 Å². The van der Waals surface area contributed by atoms with E-state index in [-0.39, 0.29) is 10.9 Å². The van der Waals surface area contributed by atoms with Gasteiger partial charge in [0.15, 0.2) is 5.92 Å². The van der Waals surface area contributed by atoms with Crippen LogP contribution in [-0.2, 0) is 17.9 Å². The van der Waals surface area contributed by atoms with Crippen molar-refractivity contribution in [1.29, 1.82) is 0 Å². The number of carboxylic acid groups (broad SMARTS) is 1. The average Bonchev–Trinajstić information content (AvgIpc) is 2.92. The third kappa shape index (κ3) is 5.04. The molecule has 3 rings (SSSR count). The molecule has 0 spiro atoms. The van der Waals surface area contributed by atoms with Crippen LogP contribution in [0.3, 0.4) is 0 Å². The monoisotopic (exact) mass is 478 g/mol. The van der Waals surface area contributed by atoms with Crippen LogP contribution in [0.25, 0.3) is 22.0 Å². The second-order valence-corrected chi connectivity index (χ2v) is 7.48. The molecule has 0 aliphatic heterocycles. The van der Waals surface area contributed by atoms with Crippen LogP contribution in [0.2, 0.25) is 0 Å². The quantitative estimate of drug-likeness (QED) is 0.500. The Morgan fingerprint density at radius 2 is 1.70 bits per heavy atom. The van der Waals surface area contributed by atoms with E-state index in [0.29, 0.717) is 16.8 Å². The number of carboxylic acids is 1. The van der Waals surface area contributed by atoms with Gasteiger partial charge in [-0.25, -0.2) is 4.39 Å². The van der Waals surface area contributed by atoms with Crippen molar-refractivity contribution < 1.29 is 40.6 Å². The predicted molar refractivity (Wildman–Crippen MR) is 104 cm³/mol. The molecule has 0 aliphatic carbocycles. The summed E-state index contributed by atoms with van der Waals surface area (Å²) in [5, 5.41) is 9.47.